The Bertz CT molecular complexity index is 1150. The summed E-state index contributed by atoms with van der Waals surface area (Å²) < 4.78 is 1.87. The zero-order chi connectivity index (χ0) is 22.1. The molecule has 1 aliphatic heterocycles. The van der Waals surface area contributed by atoms with Crippen molar-refractivity contribution in [1.29, 1.82) is 0 Å². The zero-order valence-electron chi connectivity index (χ0n) is 18.5. The number of anilines is 2. The number of carbonyl (C=O) groups is 2. The summed E-state index contributed by atoms with van der Waals surface area (Å²) >= 11 is 0. The maximum atomic E-state index is 13.8. The smallest absolute Gasteiger partial charge is 0.294 e. The van der Waals surface area contributed by atoms with Crippen molar-refractivity contribution >= 4 is 23.2 Å². The largest absolute Gasteiger partial charge is 0.323 e. The van der Waals surface area contributed by atoms with Crippen LogP contribution in [0.4, 0.5) is 11.4 Å². The SMILES string of the molecule is CCc1cccc(C)c1N1C(=O)C[n+]2ccccc2[C@H]1C(=O)Nc1c(C)cccc1C. The van der Waals surface area contributed by atoms with Gasteiger partial charge in [-0.25, -0.2) is 0 Å². The summed E-state index contributed by atoms with van der Waals surface area (Å²) in [4.78, 5) is 28.9. The van der Waals surface area contributed by atoms with Gasteiger partial charge in [-0.3, -0.25) is 14.5 Å². The molecule has 0 unspecified atom stereocenters. The van der Waals surface area contributed by atoms with E-state index in [2.05, 4.69) is 12.2 Å². The van der Waals surface area contributed by atoms with Crippen molar-refractivity contribution in [2.75, 3.05) is 10.2 Å². The second kappa shape index (κ2) is 8.34. The van der Waals surface area contributed by atoms with Gasteiger partial charge in [-0.05, 0) is 49.4 Å². The number of amides is 2. The van der Waals surface area contributed by atoms with Crippen molar-refractivity contribution in [2.45, 2.75) is 46.7 Å². The number of hydrogen-bond donors (Lipinski definition) is 1. The Morgan fingerprint density at radius 1 is 1.00 bits per heavy atom. The molecule has 2 heterocycles. The van der Waals surface area contributed by atoms with Gasteiger partial charge in [0, 0.05) is 17.8 Å². The molecule has 2 aromatic carbocycles. The molecule has 158 valence electrons. The van der Waals surface area contributed by atoms with Crippen molar-refractivity contribution in [3.8, 4) is 0 Å². The maximum Gasteiger partial charge on any atom is 0.294 e. The van der Waals surface area contributed by atoms with E-state index in [1.807, 2.05) is 86.1 Å². The molecule has 0 fully saturated rings. The van der Waals surface area contributed by atoms with E-state index in [9.17, 15) is 9.59 Å². The van der Waals surface area contributed by atoms with Gasteiger partial charge in [0.05, 0.1) is 5.69 Å². The number of hydrogen-bond acceptors (Lipinski definition) is 2. The molecule has 1 atom stereocenters. The first kappa shape index (κ1) is 20.8. The Hall–Kier alpha value is -3.47. The lowest BCUT2D eigenvalue weighted by molar-refractivity contribution is -0.695. The molecule has 1 aromatic heterocycles. The molecule has 0 aliphatic carbocycles. The van der Waals surface area contributed by atoms with Gasteiger partial charge in [-0.15, -0.1) is 0 Å². The van der Waals surface area contributed by atoms with E-state index >= 15 is 0 Å². The van der Waals surface area contributed by atoms with Crippen LogP contribution in [0.3, 0.4) is 0 Å². The van der Waals surface area contributed by atoms with Gasteiger partial charge in [-0.1, -0.05) is 49.4 Å². The number of para-hydroxylation sites is 2. The summed E-state index contributed by atoms with van der Waals surface area (Å²) in [6.07, 6.45) is 2.64. The fraction of sp³-hybridized carbons (Fsp3) is 0.269. The summed E-state index contributed by atoms with van der Waals surface area (Å²) in [5.74, 6) is -0.301. The molecule has 0 radical (unpaired) electrons. The van der Waals surface area contributed by atoms with Crippen molar-refractivity contribution in [2.24, 2.45) is 0 Å². The number of rotatable bonds is 4. The van der Waals surface area contributed by atoms with E-state index in [0.29, 0.717) is 0 Å². The molecule has 3 aromatic rings. The van der Waals surface area contributed by atoms with Crippen molar-refractivity contribution in [1.82, 2.24) is 0 Å². The number of benzene rings is 2. The summed E-state index contributed by atoms with van der Waals surface area (Å²) in [6, 6.07) is 16.9. The van der Waals surface area contributed by atoms with E-state index in [0.717, 1.165) is 45.7 Å². The number of aromatic nitrogens is 1. The van der Waals surface area contributed by atoms with Crippen molar-refractivity contribution < 1.29 is 14.2 Å². The van der Waals surface area contributed by atoms with Gasteiger partial charge >= 0.3 is 0 Å². The maximum absolute atomic E-state index is 13.8. The Morgan fingerprint density at radius 3 is 2.39 bits per heavy atom. The minimum atomic E-state index is -0.757. The molecule has 0 saturated carbocycles. The average Bonchev–Trinajstić information content (AvgIpc) is 2.75. The molecule has 5 nitrogen and oxygen atoms in total. The van der Waals surface area contributed by atoms with Gasteiger partial charge in [0.1, 0.15) is 0 Å². The van der Waals surface area contributed by atoms with E-state index in [1.54, 1.807) is 4.90 Å². The predicted octanol–water partition coefficient (Wildman–Crippen LogP) is 4.19. The standard InChI is InChI=1S/C26H27N3O2/c1-5-20-13-9-12-19(4)24(20)29-22(30)16-28-15-7-6-14-21(28)25(29)26(31)27-23-17(2)10-8-11-18(23)3/h6-15,25H,5,16H2,1-4H3/p+1/t25-/m0/s1. The molecule has 1 aliphatic rings. The van der Waals surface area contributed by atoms with Crippen LogP contribution in [0.1, 0.15) is 40.9 Å². The van der Waals surface area contributed by atoms with E-state index in [4.69, 9.17) is 0 Å². The molecule has 1 N–H and O–H groups in total. The lowest BCUT2D eigenvalue weighted by atomic mass is 9.98. The summed E-state index contributed by atoms with van der Waals surface area (Å²) in [5.41, 5.74) is 6.47. The van der Waals surface area contributed by atoms with Crippen molar-refractivity contribution in [3.05, 3.63) is 88.7 Å². The summed E-state index contributed by atoms with van der Waals surface area (Å²) in [7, 11) is 0. The fourth-order valence-corrected chi connectivity index (χ4v) is 4.44. The molecule has 5 heteroatoms. The highest BCUT2D eigenvalue weighted by atomic mass is 16.2. The molecule has 0 saturated heterocycles. The first-order valence-corrected chi connectivity index (χ1v) is 10.7. The molecular formula is C26H28N3O2+. The van der Waals surface area contributed by atoms with Crippen LogP contribution in [0.5, 0.6) is 0 Å². The summed E-state index contributed by atoms with van der Waals surface area (Å²) in [5, 5.41) is 3.12. The van der Waals surface area contributed by atoms with Gasteiger partial charge < -0.3 is 5.32 Å². The van der Waals surface area contributed by atoms with Crippen molar-refractivity contribution in [3.63, 3.8) is 0 Å². The molecule has 31 heavy (non-hydrogen) atoms. The van der Waals surface area contributed by atoms with Crippen LogP contribution in [0, 0.1) is 20.8 Å². The first-order chi connectivity index (χ1) is 14.9. The highest BCUT2D eigenvalue weighted by Crippen LogP contribution is 2.35. The molecule has 2 amide bonds. The zero-order valence-corrected chi connectivity index (χ0v) is 18.5. The Morgan fingerprint density at radius 2 is 1.68 bits per heavy atom. The third-order valence-corrected chi connectivity index (χ3v) is 6.01. The lowest BCUT2D eigenvalue weighted by Crippen LogP contribution is -2.59. The van der Waals surface area contributed by atoms with Crippen LogP contribution in [-0.2, 0) is 22.6 Å². The molecule has 0 bridgehead atoms. The highest BCUT2D eigenvalue weighted by molar-refractivity contribution is 6.06. The fourth-order valence-electron chi connectivity index (χ4n) is 4.44. The van der Waals surface area contributed by atoms with Crippen LogP contribution in [0.25, 0.3) is 0 Å². The Balaban J connectivity index is 1.87. The molecular weight excluding hydrogens is 386 g/mol. The quantitative estimate of drug-likeness (QED) is 0.651. The lowest BCUT2D eigenvalue weighted by Gasteiger charge is -2.34. The second-order valence-electron chi connectivity index (χ2n) is 8.11. The number of fused-ring (bicyclic) bond motifs is 1. The Kier molecular flexibility index (Phi) is 5.59. The number of nitrogens with one attached hydrogen (secondary N) is 1. The highest BCUT2D eigenvalue weighted by Gasteiger charge is 2.44. The molecule has 4 rings (SSSR count). The number of carbonyl (C=O) groups excluding carboxylic acids is 2. The molecule has 0 spiro atoms. The topological polar surface area (TPSA) is 53.3 Å². The van der Waals surface area contributed by atoms with Crippen LogP contribution in [0.2, 0.25) is 0 Å². The van der Waals surface area contributed by atoms with E-state index in [-0.39, 0.29) is 18.4 Å². The Labute approximate surface area is 183 Å². The first-order valence-electron chi connectivity index (χ1n) is 10.7. The van der Waals surface area contributed by atoms with Gasteiger partial charge in [-0.2, -0.15) is 4.57 Å². The number of nitrogens with zero attached hydrogens (tertiary/aromatic N) is 2. The van der Waals surface area contributed by atoms with Gasteiger partial charge in [0.15, 0.2) is 6.20 Å². The minimum absolute atomic E-state index is 0.0886. The second-order valence-corrected chi connectivity index (χ2v) is 8.11. The van der Waals surface area contributed by atoms with E-state index in [1.165, 1.54) is 0 Å². The van der Waals surface area contributed by atoms with E-state index < -0.39 is 6.04 Å². The number of pyridine rings is 1. The van der Waals surface area contributed by atoms with Crippen LogP contribution in [0.15, 0.2) is 60.8 Å². The normalized spacial score (nSPS) is 15.5. The van der Waals surface area contributed by atoms with Gasteiger partial charge in [0.25, 0.3) is 11.8 Å². The number of aryl methyl sites for hydroxylation is 4. The monoisotopic (exact) mass is 414 g/mol. The minimum Gasteiger partial charge on any atom is -0.323 e. The third kappa shape index (κ3) is 3.72. The van der Waals surface area contributed by atoms with Crippen LogP contribution >= 0.6 is 0 Å². The third-order valence-electron chi connectivity index (χ3n) is 6.01. The summed E-state index contributed by atoms with van der Waals surface area (Å²) in [6.45, 7) is 8.23. The predicted molar refractivity (Wildman–Crippen MR) is 122 cm³/mol. The van der Waals surface area contributed by atoms with Gasteiger partial charge in [0.2, 0.25) is 18.3 Å². The van der Waals surface area contributed by atoms with Crippen LogP contribution < -0.4 is 14.8 Å². The van der Waals surface area contributed by atoms with Crippen LogP contribution in [-0.4, -0.2) is 11.8 Å². The average molecular weight is 415 g/mol.